The largest absolute Gasteiger partial charge is 0.365 e. The van der Waals surface area contributed by atoms with Gasteiger partial charge in [-0.15, -0.1) is 0 Å². The second-order valence-electron chi connectivity index (χ2n) is 4.13. The van der Waals surface area contributed by atoms with Crippen molar-refractivity contribution in [1.29, 1.82) is 0 Å². The summed E-state index contributed by atoms with van der Waals surface area (Å²) in [5.41, 5.74) is 1.01. The standard InChI is InChI=1S/C11H14N3O4P/c1-14-9-5-3-2-4-8(9)13-10(11(14)15)12-6-7-19(16,17)18/h2-5H,6-7H2,1H3,(H,12,13)(H2,16,17,18). The summed E-state index contributed by atoms with van der Waals surface area (Å²) in [7, 11) is -2.45. The molecule has 0 fully saturated rings. The van der Waals surface area contributed by atoms with E-state index in [1.165, 1.54) is 4.57 Å². The Morgan fingerprint density at radius 3 is 2.74 bits per heavy atom. The van der Waals surface area contributed by atoms with E-state index >= 15 is 0 Å². The third-order valence-electron chi connectivity index (χ3n) is 2.68. The molecule has 1 heterocycles. The van der Waals surface area contributed by atoms with Crippen LogP contribution in [0, 0.1) is 0 Å². The predicted octanol–water partition coefficient (Wildman–Crippen LogP) is 0.523. The van der Waals surface area contributed by atoms with E-state index in [-0.39, 0.29) is 24.1 Å². The van der Waals surface area contributed by atoms with Crippen molar-refractivity contribution in [2.24, 2.45) is 7.05 Å². The fraction of sp³-hybridized carbons (Fsp3) is 0.273. The topological polar surface area (TPSA) is 104 Å². The predicted molar refractivity (Wildman–Crippen MR) is 72.4 cm³/mol. The highest BCUT2D eigenvalue weighted by molar-refractivity contribution is 7.51. The normalized spacial score (nSPS) is 11.7. The Balaban J connectivity index is 2.31. The number of aromatic nitrogens is 2. The van der Waals surface area contributed by atoms with Gasteiger partial charge in [0.2, 0.25) is 0 Å². The molecule has 0 aliphatic heterocycles. The molecule has 0 amide bonds. The highest BCUT2D eigenvalue weighted by Crippen LogP contribution is 2.33. The lowest BCUT2D eigenvalue weighted by atomic mass is 10.3. The SMILES string of the molecule is Cn1c(=O)c(NCCP(=O)(O)O)nc2ccccc21. The van der Waals surface area contributed by atoms with E-state index in [0.29, 0.717) is 11.0 Å². The van der Waals surface area contributed by atoms with Gasteiger partial charge < -0.3 is 19.7 Å². The second kappa shape index (κ2) is 5.13. The Kier molecular flexibility index (Phi) is 3.71. The van der Waals surface area contributed by atoms with Crippen molar-refractivity contribution in [3.63, 3.8) is 0 Å². The molecule has 0 aliphatic rings. The molecule has 0 spiro atoms. The van der Waals surface area contributed by atoms with Gasteiger partial charge in [0, 0.05) is 13.6 Å². The molecule has 2 rings (SSSR count). The zero-order valence-corrected chi connectivity index (χ0v) is 11.2. The van der Waals surface area contributed by atoms with Crippen molar-refractivity contribution >= 4 is 24.4 Å². The van der Waals surface area contributed by atoms with E-state index in [4.69, 9.17) is 9.79 Å². The molecule has 7 nitrogen and oxygen atoms in total. The van der Waals surface area contributed by atoms with Gasteiger partial charge >= 0.3 is 7.60 Å². The first-order valence-corrected chi connectivity index (χ1v) is 7.42. The highest BCUT2D eigenvalue weighted by atomic mass is 31.2. The molecule has 3 N–H and O–H groups in total. The number of fused-ring (bicyclic) bond motifs is 1. The van der Waals surface area contributed by atoms with Crippen LogP contribution in [0.15, 0.2) is 29.1 Å². The molecule has 0 bridgehead atoms. The summed E-state index contributed by atoms with van der Waals surface area (Å²) in [4.78, 5) is 33.7. The molecule has 8 heteroatoms. The van der Waals surface area contributed by atoms with Gasteiger partial charge in [0.1, 0.15) is 0 Å². The van der Waals surface area contributed by atoms with Gasteiger partial charge in [-0.25, -0.2) is 4.98 Å². The molecular weight excluding hydrogens is 269 g/mol. The molecule has 0 radical (unpaired) electrons. The number of anilines is 1. The smallest absolute Gasteiger partial charge is 0.327 e. The van der Waals surface area contributed by atoms with E-state index in [2.05, 4.69) is 10.3 Å². The number of hydrogen-bond donors (Lipinski definition) is 3. The van der Waals surface area contributed by atoms with Crippen molar-refractivity contribution in [3.8, 4) is 0 Å². The van der Waals surface area contributed by atoms with E-state index in [9.17, 15) is 9.36 Å². The lowest BCUT2D eigenvalue weighted by Crippen LogP contribution is -2.24. The zero-order chi connectivity index (χ0) is 14.0. The second-order valence-corrected chi connectivity index (χ2v) is 5.90. The van der Waals surface area contributed by atoms with Crippen molar-refractivity contribution in [2.75, 3.05) is 18.0 Å². The van der Waals surface area contributed by atoms with Gasteiger partial charge in [-0.2, -0.15) is 0 Å². The van der Waals surface area contributed by atoms with Crippen LogP contribution in [0.1, 0.15) is 0 Å². The van der Waals surface area contributed by atoms with E-state index in [1.807, 2.05) is 6.07 Å². The zero-order valence-electron chi connectivity index (χ0n) is 10.3. The maximum absolute atomic E-state index is 12.0. The van der Waals surface area contributed by atoms with Gasteiger partial charge in [-0.05, 0) is 12.1 Å². The fourth-order valence-corrected chi connectivity index (χ4v) is 2.12. The molecule has 0 aliphatic carbocycles. The third kappa shape index (κ3) is 3.20. The van der Waals surface area contributed by atoms with Gasteiger partial charge in [-0.3, -0.25) is 9.36 Å². The Labute approximate surface area is 109 Å². The van der Waals surface area contributed by atoms with Crippen molar-refractivity contribution < 1.29 is 14.4 Å². The minimum absolute atomic E-state index is 0.00907. The summed E-state index contributed by atoms with van der Waals surface area (Å²) in [5.74, 6) is 0.0923. The number of nitrogens with zero attached hydrogens (tertiary/aromatic N) is 2. The Morgan fingerprint density at radius 1 is 1.37 bits per heavy atom. The fourth-order valence-electron chi connectivity index (χ4n) is 1.71. The molecule has 2 aromatic rings. The van der Waals surface area contributed by atoms with Crippen LogP contribution in [0.3, 0.4) is 0 Å². The van der Waals surface area contributed by atoms with E-state index < -0.39 is 7.60 Å². The molecule has 0 unspecified atom stereocenters. The summed E-state index contributed by atoms with van der Waals surface area (Å²) in [6.45, 7) is -0.00907. The van der Waals surface area contributed by atoms with Gasteiger partial charge in [0.05, 0.1) is 17.2 Å². The molecule has 102 valence electrons. The number of aryl methyl sites for hydroxylation is 1. The Hall–Kier alpha value is -1.69. The molecule has 0 saturated carbocycles. The maximum atomic E-state index is 12.0. The van der Waals surface area contributed by atoms with Crippen LogP contribution >= 0.6 is 7.60 Å². The number of nitrogens with one attached hydrogen (secondary N) is 1. The van der Waals surface area contributed by atoms with E-state index in [0.717, 1.165) is 0 Å². The summed E-state index contributed by atoms with van der Waals surface area (Å²) in [5, 5.41) is 2.67. The monoisotopic (exact) mass is 283 g/mol. The first kappa shape index (κ1) is 13.7. The van der Waals surface area contributed by atoms with Crippen molar-refractivity contribution in [2.45, 2.75) is 0 Å². The van der Waals surface area contributed by atoms with Crippen LogP contribution < -0.4 is 10.9 Å². The van der Waals surface area contributed by atoms with Gasteiger partial charge in [-0.1, -0.05) is 12.1 Å². The Bertz CT molecular complexity index is 707. The minimum Gasteiger partial charge on any atom is -0.365 e. The van der Waals surface area contributed by atoms with Gasteiger partial charge in [0.15, 0.2) is 5.82 Å². The minimum atomic E-state index is -4.08. The number of para-hydroxylation sites is 2. The van der Waals surface area contributed by atoms with Crippen LogP contribution in [-0.4, -0.2) is 32.0 Å². The number of rotatable bonds is 4. The number of benzene rings is 1. The van der Waals surface area contributed by atoms with Crippen LogP contribution in [0.2, 0.25) is 0 Å². The molecular formula is C11H14N3O4P. The van der Waals surface area contributed by atoms with E-state index in [1.54, 1.807) is 25.2 Å². The van der Waals surface area contributed by atoms with Crippen molar-refractivity contribution in [1.82, 2.24) is 9.55 Å². The molecule has 0 saturated heterocycles. The number of hydrogen-bond acceptors (Lipinski definition) is 4. The first-order valence-electron chi connectivity index (χ1n) is 5.63. The average molecular weight is 283 g/mol. The van der Waals surface area contributed by atoms with Crippen LogP contribution in [0.4, 0.5) is 5.82 Å². The maximum Gasteiger partial charge on any atom is 0.327 e. The van der Waals surface area contributed by atoms with Gasteiger partial charge in [0.25, 0.3) is 5.56 Å². The summed E-state index contributed by atoms with van der Waals surface area (Å²) >= 11 is 0. The third-order valence-corrected chi connectivity index (χ3v) is 3.48. The summed E-state index contributed by atoms with van der Waals surface area (Å²) in [6.07, 6.45) is -0.343. The lowest BCUT2D eigenvalue weighted by molar-refractivity contribution is 0.374. The average Bonchev–Trinajstić information content (AvgIpc) is 2.34. The van der Waals surface area contributed by atoms with Crippen LogP contribution in [0.5, 0.6) is 0 Å². The first-order chi connectivity index (χ1) is 8.88. The summed E-state index contributed by atoms with van der Waals surface area (Å²) in [6, 6.07) is 7.16. The molecule has 19 heavy (non-hydrogen) atoms. The van der Waals surface area contributed by atoms with Crippen LogP contribution in [-0.2, 0) is 11.6 Å². The van der Waals surface area contributed by atoms with Crippen LogP contribution in [0.25, 0.3) is 11.0 Å². The Morgan fingerprint density at radius 2 is 2.05 bits per heavy atom. The molecule has 0 atom stereocenters. The summed E-state index contributed by atoms with van der Waals surface area (Å²) < 4.78 is 12.2. The highest BCUT2D eigenvalue weighted by Gasteiger charge is 2.13. The molecule has 1 aromatic heterocycles. The lowest BCUT2D eigenvalue weighted by Gasteiger charge is -2.09. The van der Waals surface area contributed by atoms with Crippen molar-refractivity contribution in [3.05, 3.63) is 34.6 Å². The molecule has 1 aromatic carbocycles. The quantitative estimate of drug-likeness (QED) is 0.707.